The van der Waals surface area contributed by atoms with Crippen LogP contribution in [0.25, 0.3) is 21.3 Å². The fourth-order valence-corrected chi connectivity index (χ4v) is 3.63. The minimum Gasteiger partial charge on any atom is -0.359 e. The van der Waals surface area contributed by atoms with Crippen molar-refractivity contribution in [1.29, 1.82) is 0 Å². The lowest BCUT2D eigenvalue weighted by Crippen LogP contribution is -2.31. The number of nitrogens with two attached hydrogens (primary N) is 1. The van der Waals surface area contributed by atoms with E-state index in [0.717, 1.165) is 32.0 Å². The molecule has 0 saturated carbocycles. The van der Waals surface area contributed by atoms with Crippen LogP contribution in [0.4, 0.5) is 9.52 Å². The molecular weight excluding hydrogens is 361 g/mol. The van der Waals surface area contributed by atoms with E-state index in [-0.39, 0.29) is 11.9 Å². The van der Waals surface area contributed by atoms with Crippen molar-refractivity contribution in [2.75, 3.05) is 11.9 Å². The Balaban J connectivity index is 1.40. The molecule has 3 N–H and O–H groups in total. The van der Waals surface area contributed by atoms with E-state index in [1.807, 2.05) is 30.5 Å². The Hall–Kier alpha value is -2.90. The molecule has 0 amide bonds. The lowest BCUT2D eigenvalue weighted by atomic mass is 10.1. The van der Waals surface area contributed by atoms with Gasteiger partial charge in [-0.3, -0.25) is 4.98 Å². The van der Waals surface area contributed by atoms with Gasteiger partial charge in [-0.1, -0.05) is 35.6 Å². The first kappa shape index (κ1) is 17.5. The molecule has 0 bridgehead atoms. The van der Waals surface area contributed by atoms with Crippen molar-refractivity contribution in [1.82, 2.24) is 15.2 Å². The van der Waals surface area contributed by atoms with Crippen LogP contribution in [0.1, 0.15) is 5.56 Å². The molecule has 27 heavy (non-hydrogen) atoms. The summed E-state index contributed by atoms with van der Waals surface area (Å²) in [6, 6.07) is 14.5. The average molecular weight is 379 g/mol. The van der Waals surface area contributed by atoms with E-state index in [9.17, 15) is 4.39 Å². The van der Waals surface area contributed by atoms with E-state index < -0.39 is 0 Å². The van der Waals surface area contributed by atoms with Crippen LogP contribution < -0.4 is 11.1 Å². The molecule has 1 atom stereocenters. The largest absolute Gasteiger partial charge is 0.359 e. The zero-order chi connectivity index (χ0) is 18.6. The van der Waals surface area contributed by atoms with Crippen molar-refractivity contribution in [2.24, 2.45) is 5.73 Å². The minimum atomic E-state index is -0.243. The van der Waals surface area contributed by atoms with Crippen molar-refractivity contribution in [3.8, 4) is 10.6 Å². The van der Waals surface area contributed by atoms with Crippen molar-refractivity contribution in [3.05, 3.63) is 72.3 Å². The molecule has 0 aliphatic heterocycles. The van der Waals surface area contributed by atoms with Gasteiger partial charge >= 0.3 is 0 Å². The normalized spacial score (nSPS) is 12.2. The number of nitrogens with one attached hydrogen (secondary N) is 1. The second-order valence-electron chi connectivity index (χ2n) is 6.32. The number of fused-ring (bicyclic) bond motifs is 1. The molecule has 2 aromatic heterocycles. The van der Waals surface area contributed by atoms with Gasteiger partial charge in [-0.2, -0.15) is 0 Å². The van der Waals surface area contributed by atoms with E-state index in [1.165, 1.54) is 23.5 Å². The summed E-state index contributed by atoms with van der Waals surface area (Å²) in [6.45, 7) is 0.536. The molecule has 2 aromatic carbocycles. The SMILES string of the molecule is NC(CNc1nnc(-c2ccc3cnccc3c2)s1)Cc1cccc(F)c1. The summed E-state index contributed by atoms with van der Waals surface area (Å²) in [5, 5.41) is 15.4. The second-order valence-corrected chi connectivity index (χ2v) is 7.30. The molecule has 0 saturated heterocycles. The predicted octanol–water partition coefficient (Wildman–Crippen LogP) is 3.87. The van der Waals surface area contributed by atoms with Crippen molar-refractivity contribution in [3.63, 3.8) is 0 Å². The van der Waals surface area contributed by atoms with Crippen LogP contribution in [0.2, 0.25) is 0 Å². The summed E-state index contributed by atoms with van der Waals surface area (Å²) in [5.74, 6) is -0.243. The number of rotatable bonds is 6. The summed E-state index contributed by atoms with van der Waals surface area (Å²) < 4.78 is 13.3. The highest BCUT2D eigenvalue weighted by molar-refractivity contribution is 7.18. The van der Waals surface area contributed by atoms with E-state index in [0.29, 0.717) is 13.0 Å². The number of anilines is 1. The minimum absolute atomic E-state index is 0.146. The number of nitrogens with zero attached hydrogens (tertiary/aromatic N) is 3. The van der Waals surface area contributed by atoms with Crippen LogP contribution in [-0.2, 0) is 6.42 Å². The third kappa shape index (κ3) is 4.27. The Bertz CT molecular complexity index is 1060. The quantitative estimate of drug-likeness (QED) is 0.532. The number of benzene rings is 2. The maximum atomic E-state index is 13.3. The van der Waals surface area contributed by atoms with Gasteiger partial charge in [0.05, 0.1) is 0 Å². The maximum absolute atomic E-state index is 13.3. The number of hydrogen-bond donors (Lipinski definition) is 2. The molecule has 0 aliphatic rings. The first-order valence-corrected chi connectivity index (χ1v) is 9.40. The van der Waals surface area contributed by atoms with Crippen LogP contribution in [0.5, 0.6) is 0 Å². The third-order valence-electron chi connectivity index (χ3n) is 4.21. The van der Waals surface area contributed by atoms with Gasteiger partial charge in [0, 0.05) is 35.9 Å². The summed E-state index contributed by atoms with van der Waals surface area (Å²) in [5.41, 5.74) is 8.05. The van der Waals surface area contributed by atoms with Gasteiger partial charge in [-0.25, -0.2) is 4.39 Å². The molecule has 0 spiro atoms. The molecule has 4 aromatic rings. The average Bonchev–Trinajstić information content (AvgIpc) is 3.15. The van der Waals surface area contributed by atoms with Crippen molar-refractivity contribution in [2.45, 2.75) is 12.5 Å². The van der Waals surface area contributed by atoms with E-state index >= 15 is 0 Å². The Labute approximate surface area is 160 Å². The molecule has 2 heterocycles. The summed E-state index contributed by atoms with van der Waals surface area (Å²) in [4.78, 5) is 4.13. The first-order valence-electron chi connectivity index (χ1n) is 8.59. The number of pyridine rings is 1. The molecule has 5 nitrogen and oxygen atoms in total. The third-order valence-corrected chi connectivity index (χ3v) is 5.14. The summed E-state index contributed by atoms with van der Waals surface area (Å²) >= 11 is 1.48. The van der Waals surface area contributed by atoms with Gasteiger partial charge in [0.2, 0.25) is 5.13 Å². The fraction of sp³-hybridized carbons (Fsp3) is 0.150. The Kier molecular flexibility index (Phi) is 5.04. The van der Waals surface area contributed by atoms with Gasteiger partial charge < -0.3 is 11.1 Å². The highest BCUT2D eigenvalue weighted by Crippen LogP contribution is 2.28. The van der Waals surface area contributed by atoms with Crippen LogP contribution in [0.15, 0.2) is 60.9 Å². The molecule has 0 aliphatic carbocycles. The fourth-order valence-electron chi connectivity index (χ4n) is 2.88. The van der Waals surface area contributed by atoms with E-state index in [1.54, 1.807) is 12.3 Å². The predicted molar refractivity (Wildman–Crippen MR) is 107 cm³/mol. The van der Waals surface area contributed by atoms with Gasteiger partial charge in [-0.15, -0.1) is 10.2 Å². The molecule has 0 radical (unpaired) electrons. The highest BCUT2D eigenvalue weighted by atomic mass is 32.1. The van der Waals surface area contributed by atoms with Gasteiger partial charge in [-0.05, 0) is 41.6 Å². The molecule has 0 fully saturated rings. The summed E-state index contributed by atoms with van der Waals surface area (Å²) in [7, 11) is 0. The van der Waals surface area contributed by atoms with Gasteiger partial charge in [0.15, 0.2) is 0 Å². The second kappa shape index (κ2) is 7.77. The lowest BCUT2D eigenvalue weighted by molar-refractivity contribution is 0.621. The zero-order valence-electron chi connectivity index (χ0n) is 14.5. The first-order chi connectivity index (χ1) is 13.2. The molecule has 7 heteroatoms. The van der Waals surface area contributed by atoms with Crippen LogP contribution in [-0.4, -0.2) is 27.8 Å². The van der Waals surface area contributed by atoms with Crippen molar-refractivity contribution >= 4 is 27.2 Å². The van der Waals surface area contributed by atoms with Gasteiger partial charge in [0.1, 0.15) is 10.8 Å². The molecule has 136 valence electrons. The Morgan fingerprint density at radius 1 is 1.07 bits per heavy atom. The van der Waals surface area contributed by atoms with Crippen molar-refractivity contribution < 1.29 is 4.39 Å². The lowest BCUT2D eigenvalue weighted by Gasteiger charge is -2.12. The van der Waals surface area contributed by atoms with E-state index in [4.69, 9.17) is 5.73 Å². The highest BCUT2D eigenvalue weighted by Gasteiger charge is 2.10. The standard InChI is InChI=1S/C20H18FN5S/c21-17-3-1-2-13(8-17)9-18(22)12-24-20-26-25-19(27-20)15-4-5-16-11-23-7-6-14(16)10-15/h1-8,10-11,18H,9,12,22H2,(H,24,26). The van der Waals surface area contributed by atoms with E-state index in [2.05, 4.69) is 26.6 Å². The number of halogens is 1. The molecule has 1 unspecified atom stereocenters. The monoisotopic (exact) mass is 379 g/mol. The Morgan fingerprint density at radius 3 is 2.89 bits per heavy atom. The molecule has 4 rings (SSSR count). The topological polar surface area (TPSA) is 76.7 Å². The summed E-state index contributed by atoms with van der Waals surface area (Å²) in [6.07, 6.45) is 4.21. The molecular formula is C20H18FN5S. The van der Waals surface area contributed by atoms with Crippen LogP contribution in [0, 0.1) is 5.82 Å². The smallest absolute Gasteiger partial charge is 0.206 e. The van der Waals surface area contributed by atoms with Crippen LogP contribution in [0.3, 0.4) is 0 Å². The maximum Gasteiger partial charge on any atom is 0.206 e. The Morgan fingerprint density at radius 2 is 2.00 bits per heavy atom. The zero-order valence-corrected chi connectivity index (χ0v) is 15.3. The number of hydrogen-bond acceptors (Lipinski definition) is 6. The van der Waals surface area contributed by atoms with Gasteiger partial charge in [0.25, 0.3) is 0 Å². The number of aromatic nitrogens is 3. The van der Waals surface area contributed by atoms with Crippen LogP contribution >= 0.6 is 11.3 Å².